The molecule has 0 unspecified atom stereocenters. The minimum Gasteiger partial charge on any atom is -0.454 e. The van der Waals surface area contributed by atoms with Crippen molar-refractivity contribution >= 4 is 5.97 Å². The molecule has 3 heteroatoms. The van der Waals surface area contributed by atoms with Crippen molar-refractivity contribution in [3.63, 3.8) is 0 Å². The lowest BCUT2D eigenvalue weighted by atomic mass is 10.1. The third kappa shape index (κ3) is 3.25. The summed E-state index contributed by atoms with van der Waals surface area (Å²) in [6.07, 6.45) is 1.53. The van der Waals surface area contributed by atoms with Crippen molar-refractivity contribution in [3.05, 3.63) is 12.7 Å². The Morgan fingerprint density at radius 3 is 2.60 bits per heavy atom. The summed E-state index contributed by atoms with van der Waals surface area (Å²) in [5, 5.41) is 0. The maximum atomic E-state index is 10.5. The summed E-state index contributed by atoms with van der Waals surface area (Å²) >= 11 is 0. The molecule has 10 heavy (non-hydrogen) atoms. The minimum absolute atomic E-state index is 0.336. The van der Waals surface area contributed by atoms with Gasteiger partial charge in [-0.2, -0.15) is 0 Å². The highest BCUT2D eigenvalue weighted by molar-refractivity contribution is 5.71. The summed E-state index contributed by atoms with van der Waals surface area (Å²) in [6.45, 7) is 6.58. The van der Waals surface area contributed by atoms with Gasteiger partial charge in [0.25, 0.3) is 0 Å². The summed E-state index contributed by atoms with van der Waals surface area (Å²) in [5.74, 6) is -0.523. The normalized spacial score (nSPS) is 10.7. The molecule has 3 nitrogen and oxygen atoms in total. The Balaban J connectivity index is 3.88. The van der Waals surface area contributed by atoms with Crippen LogP contribution < -0.4 is 5.73 Å². The van der Waals surface area contributed by atoms with E-state index in [-0.39, 0.29) is 6.54 Å². The van der Waals surface area contributed by atoms with Crippen molar-refractivity contribution in [1.82, 2.24) is 5.73 Å². The molecule has 0 aromatic heterocycles. The second kappa shape index (κ2) is 3.37. The quantitative estimate of drug-likeness (QED) is 0.432. The smallest absolute Gasteiger partial charge is 0.322 e. The molecule has 0 aliphatic carbocycles. The Hall–Kier alpha value is -0.830. The molecule has 0 spiro atoms. The summed E-state index contributed by atoms with van der Waals surface area (Å²) in [7, 11) is 0. The highest BCUT2D eigenvalue weighted by Gasteiger charge is 2.16. The fraction of sp³-hybridized carbons (Fsp3) is 0.571. The lowest BCUT2D eigenvalue weighted by Crippen LogP contribution is -2.27. The summed E-state index contributed by atoms with van der Waals surface area (Å²) in [6, 6.07) is 0. The molecule has 0 aliphatic rings. The van der Waals surface area contributed by atoms with E-state index in [4.69, 9.17) is 10.5 Å². The first-order valence-corrected chi connectivity index (χ1v) is 3.02. The second-order valence-corrected chi connectivity index (χ2v) is 2.46. The van der Waals surface area contributed by atoms with Crippen LogP contribution in [0.3, 0.4) is 0 Å². The van der Waals surface area contributed by atoms with Crippen LogP contribution in [0.1, 0.15) is 13.8 Å². The van der Waals surface area contributed by atoms with Crippen LogP contribution in [0.4, 0.5) is 0 Å². The minimum atomic E-state index is -0.641. The van der Waals surface area contributed by atoms with Crippen LogP contribution in [0.15, 0.2) is 12.7 Å². The third-order valence-corrected chi connectivity index (χ3v) is 1.01. The summed E-state index contributed by atoms with van der Waals surface area (Å²) in [5.41, 5.74) is 6.01. The van der Waals surface area contributed by atoms with Gasteiger partial charge in [-0.05, 0) is 19.9 Å². The molecule has 0 fully saturated rings. The number of nitrogens with one attached hydrogen (secondary N) is 1. The molecule has 0 saturated heterocycles. The van der Waals surface area contributed by atoms with Gasteiger partial charge in [0, 0.05) is 0 Å². The zero-order chi connectivity index (χ0) is 8.20. The van der Waals surface area contributed by atoms with Crippen molar-refractivity contribution in [2.75, 3.05) is 6.54 Å². The fourth-order valence-corrected chi connectivity index (χ4v) is 0.371. The molecule has 0 aromatic rings. The Kier molecular flexibility index (Phi) is 3.09. The van der Waals surface area contributed by atoms with E-state index in [2.05, 4.69) is 6.58 Å². The van der Waals surface area contributed by atoms with Crippen LogP contribution in [0.25, 0.3) is 0 Å². The molecular weight excluding hydrogens is 130 g/mol. The highest BCUT2D eigenvalue weighted by atomic mass is 16.6. The average molecular weight is 142 g/mol. The number of carbonyl (C=O) groups is 1. The first-order valence-electron chi connectivity index (χ1n) is 3.02. The van der Waals surface area contributed by atoms with Crippen molar-refractivity contribution in [1.29, 1.82) is 0 Å². The van der Waals surface area contributed by atoms with Gasteiger partial charge in [-0.1, -0.05) is 6.58 Å². The molecule has 0 aliphatic heterocycles. The predicted octanol–water partition coefficient (Wildman–Crippen LogP) is 0.777. The number of rotatable bonds is 3. The molecule has 0 atom stereocenters. The van der Waals surface area contributed by atoms with E-state index in [0.717, 1.165) is 0 Å². The molecule has 1 N–H and O–H groups in total. The molecule has 0 bridgehead atoms. The molecule has 57 valence electrons. The van der Waals surface area contributed by atoms with Crippen molar-refractivity contribution < 1.29 is 9.53 Å². The molecule has 0 aromatic carbocycles. The van der Waals surface area contributed by atoms with E-state index in [1.807, 2.05) is 0 Å². The number of hydrogen-bond donors (Lipinski definition) is 0. The van der Waals surface area contributed by atoms with Gasteiger partial charge in [-0.3, -0.25) is 4.79 Å². The maximum Gasteiger partial charge on any atom is 0.322 e. The number of esters is 1. The Morgan fingerprint density at radius 2 is 2.30 bits per heavy atom. The van der Waals surface area contributed by atoms with E-state index in [1.165, 1.54) is 6.08 Å². The molecule has 0 heterocycles. The van der Waals surface area contributed by atoms with Crippen molar-refractivity contribution in [3.8, 4) is 0 Å². The van der Waals surface area contributed by atoms with Gasteiger partial charge in [0.15, 0.2) is 0 Å². The standard InChI is InChI=1S/C7H12NO2/c1-4-7(2,3)10-6(9)5-8/h4,8H,1,5H2,2-3H3. The van der Waals surface area contributed by atoms with Crippen LogP contribution in [-0.2, 0) is 9.53 Å². The topological polar surface area (TPSA) is 50.1 Å². The average Bonchev–Trinajstić information content (AvgIpc) is 1.87. The first-order chi connectivity index (χ1) is 4.52. The van der Waals surface area contributed by atoms with Gasteiger partial charge in [0.05, 0.1) is 0 Å². The molecule has 0 rings (SSSR count). The van der Waals surface area contributed by atoms with Crippen LogP contribution in [0.2, 0.25) is 0 Å². The zero-order valence-electron chi connectivity index (χ0n) is 6.31. The van der Waals surface area contributed by atoms with Gasteiger partial charge < -0.3 is 4.74 Å². The largest absolute Gasteiger partial charge is 0.454 e. The van der Waals surface area contributed by atoms with Crippen LogP contribution in [0.5, 0.6) is 0 Å². The lowest BCUT2D eigenvalue weighted by Gasteiger charge is -2.19. The van der Waals surface area contributed by atoms with Crippen LogP contribution in [0, 0.1) is 0 Å². The van der Waals surface area contributed by atoms with E-state index < -0.39 is 11.6 Å². The lowest BCUT2D eigenvalue weighted by molar-refractivity contribution is -0.150. The summed E-state index contributed by atoms with van der Waals surface area (Å²) in [4.78, 5) is 10.5. The number of carbonyl (C=O) groups excluding carboxylic acids is 1. The molecule has 1 radical (unpaired) electrons. The Labute approximate surface area is 60.9 Å². The second-order valence-electron chi connectivity index (χ2n) is 2.46. The van der Waals surface area contributed by atoms with E-state index in [9.17, 15) is 4.79 Å². The van der Waals surface area contributed by atoms with Crippen molar-refractivity contribution in [2.24, 2.45) is 0 Å². The van der Waals surface area contributed by atoms with Gasteiger partial charge >= 0.3 is 5.97 Å². The Bertz CT molecular complexity index is 141. The van der Waals surface area contributed by atoms with E-state index >= 15 is 0 Å². The zero-order valence-corrected chi connectivity index (χ0v) is 6.31. The SMILES string of the molecule is C=CC(C)(C)OC(=O)C[NH]. The number of ether oxygens (including phenoxy) is 1. The number of hydrogen-bond acceptors (Lipinski definition) is 2. The van der Waals surface area contributed by atoms with Gasteiger partial charge in [0.2, 0.25) is 0 Å². The fourth-order valence-electron chi connectivity index (χ4n) is 0.371. The van der Waals surface area contributed by atoms with Crippen molar-refractivity contribution in [2.45, 2.75) is 19.4 Å². The van der Waals surface area contributed by atoms with E-state index in [1.54, 1.807) is 13.8 Å². The Morgan fingerprint density at radius 1 is 1.80 bits per heavy atom. The van der Waals surface area contributed by atoms with Gasteiger partial charge in [-0.25, -0.2) is 5.73 Å². The first kappa shape index (κ1) is 9.17. The summed E-state index contributed by atoms with van der Waals surface area (Å²) < 4.78 is 4.79. The maximum absolute atomic E-state index is 10.5. The molecular formula is C7H12NO2. The highest BCUT2D eigenvalue weighted by Crippen LogP contribution is 2.09. The van der Waals surface area contributed by atoms with Crippen LogP contribution >= 0.6 is 0 Å². The predicted molar refractivity (Wildman–Crippen MR) is 38.3 cm³/mol. The van der Waals surface area contributed by atoms with Gasteiger partial charge in [0.1, 0.15) is 12.1 Å². The monoisotopic (exact) mass is 142 g/mol. The van der Waals surface area contributed by atoms with E-state index in [0.29, 0.717) is 0 Å². The van der Waals surface area contributed by atoms with Gasteiger partial charge in [-0.15, -0.1) is 0 Å². The third-order valence-electron chi connectivity index (χ3n) is 1.01. The van der Waals surface area contributed by atoms with Crippen LogP contribution in [-0.4, -0.2) is 18.1 Å². The molecule has 0 amide bonds. The molecule has 0 saturated carbocycles.